The normalized spacial score (nSPS) is 31.0. The highest BCUT2D eigenvalue weighted by molar-refractivity contribution is 5.68. The van der Waals surface area contributed by atoms with E-state index in [0.29, 0.717) is 12.1 Å². The zero-order valence-electron chi connectivity index (χ0n) is 14.2. The van der Waals surface area contributed by atoms with E-state index in [9.17, 15) is 4.79 Å². The first-order valence-corrected chi connectivity index (χ1v) is 8.57. The zero-order chi connectivity index (χ0) is 15.5. The summed E-state index contributed by atoms with van der Waals surface area (Å²) in [5.74, 6) is 0.867. The van der Waals surface area contributed by atoms with E-state index in [1.165, 1.54) is 25.7 Å². The fourth-order valence-corrected chi connectivity index (χ4v) is 3.46. The summed E-state index contributed by atoms with van der Waals surface area (Å²) >= 11 is 0. The summed E-state index contributed by atoms with van der Waals surface area (Å²) in [6, 6.07) is 1.26. The summed E-state index contributed by atoms with van der Waals surface area (Å²) < 4.78 is 5.48. The molecule has 3 atom stereocenters. The van der Waals surface area contributed by atoms with E-state index in [1.807, 2.05) is 25.7 Å². The lowest BCUT2D eigenvalue weighted by molar-refractivity contribution is 0.0256. The van der Waals surface area contributed by atoms with Crippen molar-refractivity contribution in [3.63, 3.8) is 0 Å². The molecule has 2 rings (SSSR count). The molecule has 0 aromatic rings. The maximum Gasteiger partial charge on any atom is 0.410 e. The number of carbonyl (C=O) groups excluding carboxylic acids is 1. The molecule has 0 aromatic heterocycles. The van der Waals surface area contributed by atoms with Crippen molar-refractivity contribution < 1.29 is 9.53 Å². The summed E-state index contributed by atoms with van der Waals surface area (Å²) in [6.45, 7) is 9.76. The lowest BCUT2D eigenvalue weighted by Gasteiger charge is -2.26. The Morgan fingerprint density at radius 1 is 1.10 bits per heavy atom. The van der Waals surface area contributed by atoms with Gasteiger partial charge in [-0.05, 0) is 65.2 Å². The molecule has 1 amide bonds. The van der Waals surface area contributed by atoms with Gasteiger partial charge in [0.15, 0.2) is 0 Å². The predicted molar refractivity (Wildman–Crippen MR) is 85.4 cm³/mol. The minimum Gasteiger partial charge on any atom is -0.444 e. The molecule has 0 bridgehead atoms. The standard InChI is InChI=1S/C17H32N2O2/c1-13-7-8-15(12-13)18-14-6-5-10-19(11-9-14)16(20)21-17(2,3)4/h13-15,18H,5-12H2,1-4H3. The Hall–Kier alpha value is -0.770. The smallest absolute Gasteiger partial charge is 0.410 e. The van der Waals surface area contributed by atoms with Crippen LogP contribution in [0.4, 0.5) is 4.79 Å². The number of hydrogen-bond acceptors (Lipinski definition) is 3. The number of rotatable bonds is 2. The highest BCUT2D eigenvalue weighted by Crippen LogP contribution is 2.26. The summed E-state index contributed by atoms with van der Waals surface area (Å²) in [4.78, 5) is 14.0. The van der Waals surface area contributed by atoms with Crippen LogP contribution in [-0.2, 0) is 4.74 Å². The summed E-state index contributed by atoms with van der Waals surface area (Å²) in [5, 5.41) is 3.82. The Morgan fingerprint density at radius 2 is 1.86 bits per heavy atom. The molecule has 1 saturated carbocycles. The van der Waals surface area contributed by atoms with Gasteiger partial charge in [0.25, 0.3) is 0 Å². The quantitative estimate of drug-likeness (QED) is 0.847. The van der Waals surface area contributed by atoms with Crippen LogP contribution in [0.5, 0.6) is 0 Å². The van der Waals surface area contributed by atoms with Crippen LogP contribution in [0.15, 0.2) is 0 Å². The molecule has 1 heterocycles. The predicted octanol–water partition coefficient (Wildman–Crippen LogP) is 3.55. The number of nitrogens with zero attached hydrogens (tertiary/aromatic N) is 1. The molecule has 21 heavy (non-hydrogen) atoms. The number of amides is 1. The van der Waals surface area contributed by atoms with Gasteiger partial charge in [-0.25, -0.2) is 4.79 Å². The number of nitrogens with one attached hydrogen (secondary N) is 1. The molecular formula is C17H32N2O2. The van der Waals surface area contributed by atoms with E-state index < -0.39 is 5.60 Å². The molecular weight excluding hydrogens is 264 g/mol. The molecule has 122 valence electrons. The van der Waals surface area contributed by atoms with Crippen molar-refractivity contribution in [3.8, 4) is 0 Å². The second-order valence-electron chi connectivity index (χ2n) is 7.88. The van der Waals surface area contributed by atoms with Crippen molar-refractivity contribution in [1.29, 1.82) is 0 Å². The van der Waals surface area contributed by atoms with Gasteiger partial charge in [-0.2, -0.15) is 0 Å². The van der Waals surface area contributed by atoms with E-state index in [2.05, 4.69) is 12.2 Å². The average Bonchev–Trinajstić information content (AvgIpc) is 2.62. The highest BCUT2D eigenvalue weighted by Gasteiger charge is 2.27. The highest BCUT2D eigenvalue weighted by atomic mass is 16.6. The van der Waals surface area contributed by atoms with Crippen molar-refractivity contribution in [1.82, 2.24) is 10.2 Å². The second kappa shape index (κ2) is 6.99. The maximum absolute atomic E-state index is 12.1. The van der Waals surface area contributed by atoms with E-state index in [0.717, 1.165) is 31.8 Å². The van der Waals surface area contributed by atoms with Crippen LogP contribution < -0.4 is 5.32 Å². The zero-order valence-corrected chi connectivity index (χ0v) is 14.2. The first kappa shape index (κ1) is 16.6. The molecule has 4 heteroatoms. The molecule has 0 radical (unpaired) electrons. The Balaban J connectivity index is 1.77. The molecule has 1 aliphatic carbocycles. The van der Waals surface area contributed by atoms with Crippen LogP contribution in [0.2, 0.25) is 0 Å². The molecule has 2 fully saturated rings. The minimum absolute atomic E-state index is 0.155. The van der Waals surface area contributed by atoms with Crippen LogP contribution in [-0.4, -0.2) is 41.8 Å². The molecule has 1 N–H and O–H groups in total. The molecule has 4 nitrogen and oxygen atoms in total. The number of hydrogen-bond donors (Lipinski definition) is 1. The Bertz CT molecular complexity index is 351. The molecule has 1 saturated heterocycles. The first-order chi connectivity index (χ1) is 9.83. The van der Waals surface area contributed by atoms with Crippen molar-refractivity contribution >= 4 is 6.09 Å². The van der Waals surface area contributed by atoms with Gasteiger partial charge < -0.3 is 15.0 Å². The average molecular weight is 296 g/mol. The topological polar surface area (TPSA) is 41.6 Å². The lowest BCUT2D eigenvalue weighted by atomic mass is 10.1. The van der Waals surface area contributed by atoms with E-state index in [-0.39, 0.29) is 6.09 Å². The Morgan fingerprint density at radius 3 is 2.48 bits per heavy atom. The Kier molecular flexibility index (Phi) is 5.53. The van der Waals surface area contributed by atoms with Crippen LogP contribution in [0.1, 0.15) is 66.2 Å². The van der Waals surface area contributed by atoms with Crippen LogP contribution in [0, 0.1) is 5.92 Å². The van der Waals surface area contributed by atoms with Crippen LogP contribution in [0.3, 0.4) is 0 Å². The van der Waals surface area contributed by atoms with Gasteiger partial charge in [0.05, 0.1) is 0 Å². The van der Waals surface area contributed by atoms with Gasteiger partial charge in [0.1, 0.15) is 5.60 Å². The van der Waals surface area contributed by atoms with E-state index in [1.54, 1.807) is 0 Å². The van der Waals surface area contributed by atoms with Gasteiger partial charge >= 0.3 is 6.09 Å². The van der Waals surface area contributed by atoms with Crippen molar-refractivity contribution in [2.24, 2.45) is 5.92 Å². The van der Waals surface area contributed by atoms with Gasteiger partial charge in [-0.3, -0.25) is 0 Å². The monoisotopic (exact) mass is 296 g/mol. The van der Waals surface area contributed by atoms with Gasteiger partial charge in [-0.1, -0.05) is 6.92 Å². The molecule has 0 spiro atoms. The molecule has 0 aromatic carbocycles. The van der Waals surface area contributed by atoms with Crippen LogP contribution >= 0.6 is 0 Å². The third-order valence-corrected chi connectivity index (χ3v) is 4.55. The van der Waals surface area contributed by atoms with E-state index in [4.69, 9.17) is 4.74 Å². The van der Waals surface area contributed by atoms with Gasteiger partial charge in [0.2, 0.25) is 0 Å². The lowest BCUT2D eigenvalue weighted by Crippen LogP contribution is -2.39. The van der Waals surface area contributed by atoms with Crippen molar-refractivity contribution in [2.75, 3.05) is 13.1 Å². The number of ether oxygens (including phenoxy) is 1. The molecule has 2 aliphatic rings. The maximum atomic E-state index is 12.1. The second-order valence-corrected chi connectivity index (χ2v) is 7.88. The van der Waals surface area contributed by atoms with E-state index >= 15 is 0 Å². The minimum atomic E-state index is -0.402. The number of likely N-dealkylation sites (tertiary alicyclic amines) is 1. The fourth-order valence-electron chi connectivity index (χ4n) is 3.46. The third-order valence-electron chi connectivity index (χ3n) is 4.55. The molecule has 1 aliphatic heterocycles. The first-order valence-electron chi connectivity index (χ1n) is 8.57. The number of carbonyl (C=O) groups is 1. The molecule has 3 unspecified atom stereocenters. The Labute approximate surface area is 129 Å². The third kappa shape index (κ3) is 5.50. The summed E-state index contributed by atoms with van der Waals surface area (Å²) in [7, 11) is 0. The summed E-state index contributed by atoms with van der Waals surface area (Å²) in [6.07, 6.45) is 7.11. The van der Waals surface area contributed by atoms with Crippen molar-refractivity contribution in [3.05, 3.63) is 0 Å². The van der Waals surface area contributed by atoms with Gasteiger partial charge in [-0.15, -0.1) is 0 Å². The largest absolute Gasteiger partial charge is 0.444 e. The van der Waals surface area contributed by atoms with Crippen molar-refractivity contribution in [2.45, 2.75) is 83.9 Å². The van der Waals surface area contributed by atoms with Crippen LogP contribution in [0.25, 0.3) is 0 Å². The van der Waals surface area contributed by atoms with Gasteiger partial charge in [0, 0.05) is 25.2 Å². The SMILES string of the molecule is CC1CCC(NC2CCCN(C(=O)OC(C)(C)C)CC2)C1. The fraction of sp³-hybridized carbons (Fsp3) is 0.941. The summed E-state index contributed by atoms with van der Waals surface area (Å²) in [5.41, 5.74) is -0.402.